The Morgan fingerprint density at radius 3 is 2.34 bits per heavy atom. The van der Waals surface area contributed by atoms with E-state index >= 15 is 0 Å². The lowest BCUT2D eigenvalue weighted by Gasteiger charge is -2.23. The molecular formula is C23H36N4O2. The Balaban J connectivity index is 1.87. The monoisotopic (exact) mass is 400 g/mol. The van der Waals surface area contributed by atoms with E-state index in [1.54, 1.807) is 4.90 Å². The molecule has 1 atom stereocenters. The van der Waals surface area contributed by atoms with E-state index in [1.807, 2.05) is 31.2 Å². The number of aliphatic imine (C=N–C) groups is 1. The lowest BCUT2D eigenvalue weighted by Crippen LogP contribution is -2.43. The maximum absolute atomic E-state index is 12.8. The Morgan fingerprint density at radius 1 is 1.14 bits per heavy atom. The van der Waals surface area contributed by atoms with Gasteiger partial charge in [0.25, 0.3) is 5.91 Å². The quantitative estimate of drug-likeness (QED) is 0.632. The van der Waals surface area contributed by atoms with Gasteiger partial charge in [0.05, 0.1) is 6.54 Å². The van der Waals surface area contributed by atoms with Crippen LogP contribution in [0.5, 0.6) is 0 Å². The van der Waals surface area contributed by atoms with Gasteiger partial charge in [-0.05, 0) is 49.1 Å². The second-order valence-corrected chi connectivity index (χ2v) is 9.08. The maximum Gasteiger partial charge on any atom is 0.257 e. The number of nitrogens with two attached hydrogens (primary N) is 1. The van der Waals surface area contributed by atoms with E-state index in [0.717, 1.165) is 24.1 Å². The van der Waals surface area contributed by atoms with Crippen LogP contribution >= 0.6 is 0 Å². The molecule has 6 heteroatoms. The minimum Gasteiger partial charge on any atom is -0.369 e. The van der Waals surface area contributed by atoms with E-state index in [-0.39, 0.29) is 11.8 Å². The fraction of sp³-hybridized carbons (Fsp3) is 0.609. The summed E-state index contributed by atoms with van der Waals surface area (Å²) in [7, 11) is 0. The molecule has 1 aromatic rings. The number of nitrogens with zero attached hydrogens (tertiary/aromatic N) is 2. The SMILES string of the molecule is CC(C)CCNC(=O)CCc1ccc(CN2C(=O)C(C)(CC(C)C)N=C2N)cc1. The van der Waals surface area contributed by atoms with Crippen molar-refractivity contribution in [2.45, 2.75) is 72.4 Å². The van der Waals surface area contributed by atoms with Crippen LogP contribution < -0.4 is 11.1 Å². The zero-order valence-corrected chi connectivity index (χ0v) is 18.5. The number of rotatable bonds is 10. The molecule has 0 fully saturated rings. The number of amides is 2. The molecule has 1 aromatic carbocycles. The van der Waals surface area contributed by atoms with Crippen LogP contribution in [0.1, 0.15) is 65.0 Å². The molecule has 0 saturated carbocycles. The molecule has 2 amide bonds. The number of hydrogen-bond acceptors (Lipinski definition) is 4. The lowest BCUT2D eigenvalue weighted by atomic mass is 9.91. The van der Waals surface area contributed by atoms with Crippen molar-refractivity contribution in [3.63, 3.8) is 0 Å². The highest BCUT2D eigenvalue weighted by atomic mass is 16.2. The zero-order valence-electron chi connectivity index (χ0n) is 18.5. The molecule has 160 valence electrons. The summed E-state index contributed by atoms with van der Waals surface area (Å²) in [5.74, 6) is 1.30. The normalized spacial score (nSPS) is 19.2. The highest BCUT2D eigenvalue weighted by Crippen LogP contribution is 2.29. The minimum atomic E-state index is -0.763. The average molecular weight is 401 g/mol. The van der Waals surface area contributed by atoms with Crippen molar-refractivity contribution >= 4 is 17.8 Å². The summed E-state index contributed by atoms with van der Waals surface area (Å²) in [4.78, 5) is 30.8. The molecule has 0 saturated heterocycles. The van der Waals surface area contributed by atoms with Gasteiger partial charge in [-0.2, -0.15) is 0 Å². The molecule has 3 N–H and O–H groups in total. The molecule has 0 aromatic heterocycles. The molecule has 0 spiro atoms. The molecule has 0 bridgehead atoms. The minimum absolute atomic E-state index is 0.0363. The first-order valence-corrected chi connectivity index (χ1v) is 10.6. The standard InChI is InChI=1S/C23H36N4O2/c1-16(2)12-13-25-20(28)11-10-18-6-8-19(9-7-18)15-27-21(29)23(5,14-17(3)4)26-22(27)24/h6-9,16-17H,10-15H2,1-5H3,(H2,24,26)(H,25,28). The Labute approximate surface area is 174 Å². The van der Waals surface area contributed by atoms with Gasteiger partial charge in [0.15, 0.2) is 5.96 Å². The molecule has 1 aliphatic heterocycles. The highest BCUT2D eigenvalue weighted by Gasteiger charge is 2.43. The zero-order chi connectivity index (χ0) is 21.6. The van der Waals surface area contributed by atoms with Gasteiger partial charge in [0, 0.05) is 13.0 Å². The molecule has 1 aliphatic rings. The molecule has 2 rings (SSSR count). The Bertz CT molecular complexity index is 740. The summed E-state index contributed by atoms with van der Waals surface area (Å²) >= 11 is 0. The lowest BCUT2D eigenvalue weighted by molar-refractivity contribution is -0.131. The van der Waals surface area contributed by atoms with Gasteiger partial charge in [-0.3, -0.25) is 14.5 Å². The van der Waals surface area contributed by atoms with Crippen LogP contribution in [0.4, 0.5) is 0 Å². The van der Waals surface area contributed by atoms with E-state index in [2.05, 4.69) is 38.0 Å². The summed E-state index contributed by atoms with van der Waals surface area (Å²) in [6.07, 6.45) is 2.86. The number of guanidine groups is 1. The van der Waals surface area contributed by atoms with E-state index in [9.17, 15) is 9.59 Å². The van der Waals surface area contributed by atoms with Gasteiger partial charge in [0.2, 0.25) is 5.91 Å². The molecule has 1 unspecified atom stereocenters. The van der Waals surface area contributed by atoms with E-state index in [4.69, 9.17) is 5.73 Å². The van der Waals surface area contributed by atoms with Crippen LogP contribution in [0.2, 0.25) is 0 Å². The van der Waals surface area contributed by atoms with Crippen LogP contribution in [-0.2, 0) is 22.6 Å². The Hall–Kier alpha value is -2.37. The molecular weight excluding hydrogens is 364 g/mol. The molecule has 1 heterocycles. The third-order valence-electron chi connectivity index (χ3n) is 5.20. The summed E-state index contributed by atoms with van der Waals surface area (Å²) in [5, 5.41) is 2.96. The Kier molecular flexibility index (Phi) is 7.82. The van der Waals surface area contributed by atoms with Gasteiger partial charge in [-0.15, -0.1) is 0 Å². The molecule has 0 radical (unpaired) electrons. The van der Waals surface area contributed by atoms with Crippen LogP contribution in [0, 0.1) is 11.8 Å². The largest absolute Gasteiger partial charge is 0.369 e. The first-order chi connectivity index (χ1) is 13.6. The van der Waals surface area contributed by atoms with Crippen LogP contribution in [0.15, 0.2) is 29.3 Å². The van der Waals surface area contributed by atoms with Crippen LogP contribution in [0.25, 0.3) is 0 Å². The van der Waals surface area contributed by atoms with Crippen LogP contribution in [0.3, 0.4) is 0 Å². The summed E-state index contributed by atoms with van der Waals surface area (Å²) in [6.45, 7) is 11.5. The number of benzene rings is 1. The van der Waals surface area contributed by atoms with E-state index in [1.165, 1.54) is 0 Å². The smallest absolute Gasteiger partial charge is 0.257 e. The van der Waals surface area contributed by atoms with Gasteiger partial charge < -0.3 is 11.1 Å². The van der Waals surface area contributed by atoms with E-state index < -0.39 is 5.54 Å². The van der Waals surface area contributed by atoms with Crippen molar-refractivity contribution < 1.29 is 9.59 Å². The van der Waals surface area contributed by atoms with Gasteiger partial charge >= 0.3 is 0 Å². The second kappa shape index (κ2) is 9.90. The predicted molar refractivity (Wildman–Crippen MR) is 117 cm³/mol. The van der Waals surface area contributed by atoms with Gasteiger partial charge in [0.1, 0.15) is 5.54 Å². The van der Waals surface area contributed by atoms with Gasteiger partial charge in [-0.1, -0.05) is 52.0 Å². The van der Waals surface area contributed by atoms with Crippen molar-refractivity contribution in [2.75, 3.05) is 6.54 Å². The number of aryl methyl sites for hydroxylation is 1. The summed E-state index contributed by atoms with van der Waals surface area (Å²) in [5.41, 5.74) is 7.39. The van der Waals surface area contributed by atoms with Gasteiger partial charge in [-0.25, -0.2) is 4.99 Å². The maximum atomic E-state index is 12.8. The third kappa shape index (κ3) is 6.58. The number of carbonyl (C=O) groups excluding carboxylic acids is 2. The Morgan fingerprint density at radius 2 is 1.76 bits per heavy atom. The number of nitrogens with one attached hydrogen (secondary N) is 1. The van der Waals surface area contributed by atoms with Crippen molar-refractivity contribution in [3.05, 3.63) is 35.4 Å². The first-order valence-electron chi connectivity index (χ1n) is 10.6. The first kappa shape index (κ1) is 22.9. The van der Waals surface area contributed by atoms with E-state index in [0.29, 0.717) is 43.6 Å². The summed E-state index contributed by atoms with van der Waals surface area (Å²) in [6, 6.07) is 8.01. The second-order valence-electron chi connectivity index (χ2n) is 9.08. The van der Waals surface area contributed by atoms with Crippen molar-refractivity contribution in [3.8, 4) is 0 Å². The fourth-order valence-electron chi connectivity index (χ4n) is 3.68. The molecule has 0 aliphatic carbocycles. The average Bonchev–Trinajstić information content (AvgIpc) is 2.83. The van der Waals surface area contributed by atoms with Crippen molar-refractivity contribution in [1.82, 2.24) is 10.2 Å². The molecule has 29 heavy (non-hydrogen) atoms. The number of hydrogen-bond donors (Lipinski definition) is 2. The topological polar surface area (TPSA) is 87.8 Å². The van der Waals surface area contributed by atoms with Crippen molar-refractivity contribution in [1.29, 1.82) is 0 Å². The van der Waals surface area contributed by atoms with Crippen molar-refractivity contribution in [2.24, 2.45) is 22.6 Å². The molecule has 6 nitrogen and oxygen atoms in total. The van der Waals surface area contributed by atoms with Crippen LogP contribution in [-0.4, -0.2) is 34.8 Å². The highest BCUT2D eigenvalue weighted by molar-refractivity contribution is 6.06. The summed E-state index contributed by atoms with van der Waals surface area (Å²) < 4.78 is 0. The predicted octanol–water partition coefficient (Wildman–Crippen LogP) is 3.24. The fourth-order valence-corrected chi connectivity index (χ4v) is 3.68. The third-order valence-corrected chi connectivity index (χ3v) is 5.20. The number of carbonyl (C=O) groups is 2.